The summed E-state index contributed by atoms with van der Waals surface area (Å²) < 4.78 is 18.9. The zero-order chi connectivity index (χ0) is 14.1. The normalized spacial score (nSPS) is 16.2. The van der Waals surface area contributed by atoms with Crippen molar-refractivity contribution in [1.29, 1.82) is 0 Å². The standard InChI is InChI=1S/C17H15FO2/c1-11(19)16-9-14(18)6-7-17(16)20-10-13-8-12-4-2-3-5-15(12)13/h2-7,9,13H,8,10H2,1H3. The van der Waals surface area contributed by atoms with E-state index in [1.54, 1.807) is 0 Å². The Hall–Kier alpha value is -2.16. The maximum absolute atomic E-state index is 13.2. The van der Waals surface area contributed by atoms with E-state index in [0.717, 1.165) is 6.42 Å². The van der Waals surface area contributed by atoms with E-state index in [4.69, 9.17) is 4.74 Å². The highest BCUT2D eigenvalue weighted by Gasteiger charge is 2.26. The van der Waals surface area contributed by atoms with E-state index >= 15 is 0 Å². The molecule has 0 saturated carbocycles. The van der Waals surface area contributed by atoms with E-state index in [2.05, 4.69) is 12.1 Å². The molecule has 0 fully saturated rings. The molecule has 0 N–H and O–H groups in total. The number of halogens is 1. The van der Waals surface area contributed by atoms with Crippen molar-refractivity contribution >= 4 is 5.78 Å². The predicted molar refractivity (Wildman–Crippen MR) is 74.8 cm³/mol. The summed E-state index contributed by atoms with van der Waals surface area (Å²) in [6.07, 6.45) is 0.993. The van der Waals surface area contributed by atoms with E-state index < -0.39 is 5.82 Å². The fourth-order valence-electron chi connectivity index (χ4n) is 2.60. The van der Waals surface area contributed by atoms with Crippen molar-refractivity contribution in [2.24, 2.45) is 0 Å². The van der Waals surface area contributed by atoms with E-state index in [9.17, 15) is 9.18 Å². The van der Waals surface area contributed by atoms with Crippen molar-refractivity contribution in [3.8, 4) is 5.75 Å². The lowest BCUT2D eigenvalue weighted by Crippen LogP contribution is -2.23. The molecule has 102 valence electrons. The Morgan fingerprint density at radius 1 is 1.30 bits per heavy atom. The van der Waals surface area contributed by atoms with Gasteiger partial charge in [-0.1, -0.05) is 24.3 Å². The molecule has 1 aliphatic rings. The smallest absolute Gasteiger partial charge is 0.163 e. The molecular formula is C17H15FO2. The number of hydrogen-bond acceptors (Lipinski definition) is 2. The first-order chi connectivity index (χ1) is 9.65. The molecule has 2 aromatic carbocycles. The van der Waals surface area contributed by atoms with E-state index in [1.165, 1.54) is 36.2 Å². The van der Waals surface area contributed by atoms with Crippen LogP contribution in [0.4, 0.5) is 4.39 Å². The monoisotopic (exact) mass is 270 g/mol. The number of hydrogen-bond donors (Lipinski definition) is 0. The molecule has 0 bridgehead atoms. The summed E-state index contributed by atoms with van der Waals surface area (Å²) in [4.78, 5) is 11.5. The van der Waals surface area contributed by atoms with Crippen LogP contribution < -0.4 is 4.74 Å². The van der Waals surface area contributed by atoms with Gasteiger partial charge in [0.1, 0.15) is 11.6 Å². The van der Waals surface area contributed by atoms with Gasteiger partial charge in [0.25, 0.3) is 0 Å². The van der Waals surface area contributed by atoms with Gasteiger partial charge >= 0.3 is 0 Å². The molecule has 3 heteroatoms. The second-order valence-corrected chi connectivity index (χ2v) is 5.11. The van der Waals surface area contributed by atoms with Gasteiger partial charge in [-0.2, -0.15) is 0 Å². The third-order valence-electron chi connectivity index (χ3n) is 3.72. The summed E-state index contributed by atoms with van der Waals surface area (Å²) in [6, 6.07) is 12.3. The third kappa shape index (κ3) is 2.31. The zero-order valence-corrected chi connectivity index (χ0v) is 11.2. The number of benzene rings is 2. The molecule has 20 heavy (non-hydrogen) atoms. The van der Waals surface area contributed by atoms with Gasteiger partial charge < -0.3 is 4.74 Å². The lowest BCUT2D eigenvalue weighted by molar-refractivity contribution is 0.101. The van der Waals surface area contributed by atoms with E-state index in [-0.39, 0.29) is 5.78 Å². The average molecular weight is 270 g/mol. The van der Waals surface area contributed by atoms with Crippen LogP contribution in [-0.4, -0.2) is 12.4 Å². The van der Waals surface area contributed by atoms with Gasteiger partial charge in [-0.25, -0.2) is 4.39 Å². The van der Waals surface area contributed by atoms with Crippen molar-refractivity contribution in [3.63, 3.8) is 0 Å². The van der Waals surface area contributed by atoms with E-state index in [1.807, 2.05) is 12.1 Å². The summed E-state index contributed by atoms with van der Waals surface area (Å²) in [6.45, 7) is 1.93. The first-order valence-corrected chi connectivity index (χ1v) is 6.66. The molecule has 0 spiro atoms. The van der Waals surface area contributed by atoms with Crippen LogP contribution in [0.1, 0.15) is 34.3 Å². The van der Waals surface area contributed by atoms with Crippen molar-refractivity contribution in [1.82, 2.24) is 0 Å². The first-order valence-electron chi connectivity index (χ1n) is 6.66. The molecule has 0 aromatic heterocycles. The van der Waals surface area contributed by atoms with Crippen LogP contribution in [0, 0.1) is 5.82 Å². The molecule has 1 atom stereocenters. The number of rotatable bonds is 4. The number of ether oxygens (including phenoxy) is 1. The molecule has 0 heterocycles. The number of ketones is 1. The summed E-state index contributed by atoms with van der Waals surface area (Å²) in [7, 11) is 0. The molecule has 0 amide bonds. The Morgan fingerprint density at radius 3 is 2.85 bits per heavy atom. The van der Waals surface area contributed by atoms with Crippen LogP contribution in [0.5, 0.6) is 5.75 Å². The van der Waals surface area contributed by atoms with Crippen LogP contribution >= 0.6 is 0 Å². The molecule has 3 rings (SSSR count). The molecular weight excluding hydrogens is 255 g/mol. The second-order valence-electron chi connectivity index (χ2n) is 5.11. The lowest BCUT2D eigenvalue weighted by atomic mass is 9.78. The molecule has 1 unspecified atom stereocenters. The van der Waals surface area contributed by atoms with Crippen LogP contribution in [0.2, 0.25) is 0 Å². The van der Waals surface area contributed by atoms with Crippen LogP contribution in [-0.2, 0) is 6.42 Å². The molecule has 0 aliphatic heterocycles. The molecule has 2 nitrogen and oxygen atoms in total. The van der Waals surface area contributed by atoms with Gasteiger partial charge in [0, 0.05) is 5.92 Å². The Bertz CT molecular complexity index is 664. The number of carbonyl (C=O) groups is 1. The molecule has 1 aliphatic carbocycles. The van der Waals surface area contributed by atoms with Crippen molar-refractivity contribution in [3.05, 3.63) is 65.0 Å². The molecule has 2 aromatic rings. The van der Waals surface area contributed by atoms with Crippen LogP contribution in [0.3, 0.4) is 0 Å². The SMILES string of the molecule is CC(=O)c1cc(F)ccc1OCC1Cc2ccccc21. The third-order valence-corrected chi connectivity index (χ3v) is 3.72. The highest BCUT2D eigenvalue weighted by Crippen LogP contribution is 2.35. The Labute approximate surface area is 117 Å². The largest absolute Gasteiger partial charge is 0.492 e. The quantitative estimate of drug-likeness (QED) is 0.791. The summed E-state index contributed by atoms with van der Waals surface area (Å²) in [5.41, 5.74) is 2.96. The van der Waals surface area contributed by atoms with Crippen LogP contribution in [0.15, 0.2) is 42.5 Å². The first kappa shape index (κ1) is 12.9. The molecule has 0 saturated heterocycles. The number of carbonyl (C=O) groups excluding carboxylic acids is 1. The lowest BCUT2D eigenvalue weighted by Gasteiger charge is -2.30. The Balaban J connectivity index is 1.73. The fraction of sp³-hybridized carbons (Fsp3) is 0.235. The predicted octanol–water partition coefficient (Wildman–Crippen LogP) is 3.75. The van der Waals surface area contributed by atoms with Crippen molar-refractivity contribution in [2.45, 2.75) is 19.3 Å². The average Bonchev–Trinajstić information content (AvgIpc) is 2.41. The maximum atomic E-state index is 13.2. The minimum absolute atomic E-state index is 0.187. The Kier molecular flexibility index (Phi) is 3.26. The van der Waals surface area contributed by atoms with Crippen LogP contribution in [0.25, 0.3) is 0 Å². The minimum atomic E-state index is -0.420. The molecule has 0 radical (unpaired) electrons. The summed E-state index contributed by atoms with van der Waals surface area (Å²) >= 11 is 0. The van der Waals surface area contributed by atoms with Gasteiger partial charge in [-0.15, -0.1) is 0 Å². The summed E-state index contributed by atoms with van der Waals surface area (Å²) in [5, 5.41) is 0. The maximum Gasteiger partial charge on any atom is 0.163 e. The van der Waals surface area contributed by atoms with Gasteiger partial charge in [-0.05, 0) is 42.7 Å². The van der Waals surface area contributed by atoms with Gasteiger partial charge in [0.05, 0.1) is 12.2 Å². The van der Waals surface area contributed by atoms with E-state index in [0.29, 0.717) is 23.8 Å². The Morgan fingerprint density at radius 2 is 2.10 bits per heavy atom. The van der Waals surface area contributed by atoms with Gasteiger partial charge in [0.15, 0.2) is 5.78 Å². The van der Waals surface area contributed by atoms with Crippen molar-refractivity contribution < 1.29 is 13.9 Å². The zero-order valence-electron chi connectivity index (χ0n) is 11.2. The number of Topliss-reactive ketones (excluding diaryl/α,β-unsaturated/α-hetero) is 1. The fourth-order valence-corrected chi connectivity index (χ4v) is 2.60. The van der Waals surface area contributed by atoms with Gasteiger partial charge in [-0.3, -0.25) is 4.79 Å². The minimum Gasteiger partial charge on any atom is -0.492 e. The van der Waals surface area contributed by atoms with Gasteiger partial charge in [0.2, 0.25) is 0 Å². The summed E-state index contributed by atoms with van der Waals surface area (Å²) in [5.74, 6) is 0.212. The number of fused-ring (bicyclic) bond motifs is 1. The van der Waals surface area contributed by atoms with Crippen molar-refractivity contribution in [2.75, 3.05) is 6.61 Å². The topological polar surface area (TPSA) is 26.3 Å². The highest BCUT2D eigenvalue weighted by molar-refractivity contribution is 5.96. The second kappa shape index (κ2) is 5.08. The highest BCUT2D eigenvalue weighted by atomic mass is 19.1.